The Morgan fingerprint density at radius 1 is 0.714 bits per heavy atom. The highest BCUT2D eigenvalue weighted by Crippen LogP contribution is 2.67. The number of ether oxygens (including phenoxy) is 6. The Balaban J connectivity index is 0.000000263. The van der Waals surface area contributed by atoms with E-state index in [1.807, 2.05) is 6.92 Å². The molecule has 0 radical (unpaired) electrons. The average Bonchev–Trinajstić information content (AvgIpc) is 3.82. The number of aliphatic hydroxyl groups is 10. The van der Waals surface area contributed by atoms with E-state index in [1.54, 1.807) is 6.08 Å². The summed E-state index contributed by atoms with van der Waals surface area (Å²) in [5.74, 6) is -0.693. The Morgan fingerprint density at radius 3 is 1.70 bits per heavy atom. The van der Waals surface area contributed by atoms with Crippen LogP contribution in [0, 0.1) is 28.6 Å². The number of nitrogens with two attached hydrogens (primary N) is 6. The highest BCUT2D eigenvalue weighted by atomic mass is 32.3. The fourth-order valence-electron chi connectivity index (χ4n) is 13.0. The molecule has 1 unspecified atom stereocenters. The number of Topliss-reactive ketones (excluding diaryl/α,β-unsaturated/α-hetero) is 1. The molecule has 0 aromatic rings. The number of aliphatic hydroxyl groups excluding tert-OH is 9. The SMILES string of the molecule is CC(=O)O.C[C@]12CCC(=O)C=C1CC[C@@H]1[C@@H]2[C@@H](O)C[C@@]2(C)[C@H]1CC[C@]2(O)C(=O)CO.NC[C@@H]1OC(O[C@H]2[C@@H](O)[C@H](O[C@@H]3[C@@H](O)[C@H](N)C[C@H](N)[C@H]3O[C@H]3O[C@H](CN)[C@@H](O)[C@H](O)[C@H]3N)O[C@@H]2CO)[C@H](N)[C@@H](O)[C@@H]1O.O=S(=O)(O)O. The molecule has 4 saturated carbocycles. The molecule has 0 aromatic heterocycles. The van der Waals surface area contributed by atoms with Gasteiger partial charge in [0.1, 0.15) is 79.4 Å². The molecule has 3 heterocycles. The fraction of sp³-hybridized carbons (Fsp3) is 0.891. The number of aliphatic carboxylic acids is 1. The number of carbonyl (C=O) groups is 3. The predicted octanol–water partition coefficient (Wildman–Crippen LogP) is -7.68. The Bertz CT molecular complexity index is 2140. The number of carboxylic acids is 1. The molecular weight excluding hydrogens is 1050 g/mol. The average molecular weight is 1140 g/mol. The van der Waals surface area contributed by atoms with Crippen LogP contribution in [0.3, 0.4) is 0 Å². The van der Waals surface area contributed by atoms with Gasteiger partial charge in [0.15, 0.2) is 30.4 Å². The molecule has 25 N–H and O–H groups in total. The molecule has 0 amide bonds. The van der Waals surface area contributed by atoms with Crippen molar-refractivity contribution in [3.8, 4) is 0 Å². The summed E-state index contributed by atoms with van der Waals surface area (Å²) in [6.07, 6.45) is -14.0. The maximum Gasteiger partial charge on any atom is 0.394 e. The van der Waals surface area contributed by atoms with E-state index in [9.17, 15) is 60.7 Å². The molecule has 5 aliphatic carbocycles. The van der Waals surface area contributed by atoms with Crippen LogP contribution in [0.25, 0.3) is 0 Å². The van der Waals surface area contributed by atoms with Crippen LogP contribution >= 0.6 is 0 Å². The zero-order valence-electron chi connectivity index (χ0n) is 43.0. The van der Waals surface area contributed by atoms with Crippen LogP contribution in [-0.4, -0.2) is 246 Å². The number of hydrogen-bond acceptors (Lipinski definition) is 27. The van der Waals surface area contributed by atoms with Crippen LogP contribution in [0.1, 0.15) is 72.1 Å². The fourth-order valence-corrected chi connectivity index (χ4v) is 13.0. The van der Waals surface area contributed by atoms with Crippen molar-refractivity contribution in [2.24, 2.45) is 63.0 Å². The summed E-state index contributed by atoms with van der Waals surface area (Å²) < 4.78 is 66.2. The second-order valence-electron chi connectivity index (χ2n) is 21.8. The summed E-state index contributed by atoms with van der Waals surface area (Å²) >= 11 is 0. The highest BCUT2D eigenvalue weighted by molar-refractivity contribution is 7.79. The summed E-state index contributed by atoms with van der Waals surface area (Å²) in [6.45, 7) is 3.57. The van der Waals surface area contributed by atoms with Gasteiger partial charge in [0.05, 0.1) is 30.9 Å². The second kappa shape index (κ2) is 26.2. The van der Waals surface area contributed by atoms with E-state index in [-0.39, 0.29) is 48.5 Å². The molecule has 0 aromatic carbocycles. The Hall–Kier alpha value is -2.46. The van der Waals surface area contributed by atoms with Crippen LogP contribution in [0.5, 0.6) is 0 Å². The minimum absolute atomic E-state index is 0.0697. The minimum atomic E-state index is -4.67. The van der Waals surface area contributed by atoms with Gasteiger partial charge in [-0.3, -0.25) is 23.5 Å². The van der Waals surface area contributed by atoms with Crippen LogP contribution < -0.4 is 34.4 Å². The van der Waals surface area contributed by atoms with Gasteiger partial charge in [-0.05, 0) is 74.2 Å². The number of hydrogen-bond donors (Lipinski definition) is 19. The summed E-state index contributed by atoms with van der Waals surface area (Å²) in [5, 5.41) is 112. The van der Waals surface area contributed by atoms with Gasteiger partial charge in [0.2, 0.25) is 0 Å². The summed E-state index contributed by atoms with van der Waals surface area (Å²) in [5.41, 5.74) is 34.4. The Morgan fingerprint density at radius 2 is 1.21 bits per heavy atom. The van der Waals surface area contributed by atoms with E-state index in [0.29, 0.717) is 19.3 Å². The lowest BCUT2D eigenvalue weighted by Gasteiger charge is -2.60. The van der Waals surface area contributed by atoms with E-state index in [4.69, 9.17) is 90.2 Å². The molecule has 77 heavy (non-hydrogen) atoms. The largest absolute Gasteiger partial charge is 0.481 e. The van der Waals surface area contributed by atoms with Gasteiger partial charge in [-0.2, -0.15) is 8.42 Å². The van der Waals surface area contributed by atoms with Gasteiger partial charge < -0.3 is 119 Å². The monoisotopic (exact) mass is 1130 g/mol. The van der Waals surface area contributed by atoms with Gasteiger partial charge in [-0.1, -0.05) is 19.4 Å². The van der Waals surface area contributed by atoms with Crippen LogP contribution in [0.2, 0.25) is 0 Å². The van der Waals surface area contributed by atoms with Gasteiger partial charge >= 0.3 is 10.4 Å². The number of rotatable bonds is 11. The van der Waals surface area contributed by atoms with Crippen LogP contribution in [0.15, 0.2) is 11.6 Å². The second-order valence-corrected chi connectivity index (χ2v) is 22.7. The first-order chi connectivity index (χ1) is 35.7. The standard InChI is InChI=1S/C23H46N6O13.C21H30O5.C2H4O2.H2O4S/c24-2-7-13(32)15(34)10(28)21(37-7)40-18-6(27)1-5(26)12(31)20(18)42-23-17(36)19(9(4-30)39-23)41-22-11(29)16(35)14(33)8(3-25)38-22;1-19-7-5-13(23)9-12(19)3-4-14-15-6-8-21(26,17(25)11-22)20(15,2)10-16(24)18(14)19;1-2(3)4;1-5(2,3)4/h5-23,30-36H,1-4,24-29H2;9,14-16,18,22,24,26H,3-8,10-11H2,1-2H3;1H3,(H,3,4);(H2,1,2,3,4)/t5-,6+,7-,8+,9-,10-,11-,12+,13-,14-,15-,16-,17-,18-,19-,20-,21-,22?,23+;14-,15-,16-,18+,19-,20-,21-;;/m10../s1. The summed E-state index contributed by atoms with van der Waals surface area (Å²) in [6, 6.07) is -4.18. The molecule has 3 saturated heterocycles. The van der Waals surface area contributed by atoms with Gasteiger partial charge in [0.25, 0.3) is 5.97 Å². The normalized spacial score (nSPS) is 47.5. The first kappa shape index (κ1) is 65.4. The molecule has 3 aliphatic heterocycles. The molecule has 0 bridgehead atoms. The quantitative estimate of drug-likeness (QED) is 0.0855. The minimum Gasteiger partial charge on any atom is -0.481 e. The number of carbonyl (C=O) groups excluding carboxylic acids is 2. The van der Waals surface area contributed by atoms with Crippen molar-refractivity contribution in [1.82, 2.24) is 0 Å². The summed E-state index contributed by atoms with van der Waals surface area (Å²) in [7, 11) is -4.67. The van der Waals surface area contributed by atoms with Gasteiger partial charge in [0, 0.05) is 43.9 Å². The van der Waals surface area contributed by atoms with Crippen molar-refractivity contribution >= 4 is 27.9 Å². The van der Waals surface area contributed by atoms with Crippen molar-refractivity contribution < 1.29 is 116 Å². The Labute approximate surface area is 444 Å². The molecule has 8 rings (SSSR count). The first-order valence-electron chi connectivity index (χ1n) is 25.5. The third-order valence-electron chi connectivity index (χ3n) is 17.0. The number of allylic oxidation sites excluding steroid dienone is 1. The predicted molar refractivity (Wildman–Crippen MR) is 261 cm³/mol. The molecule has 8 aliphatic rings. The van der Waals surface area contributed by atoms with E-state index in [2.05, 4.69) is 6.92 Å². The van der Waals surface area contributed by atoms with Crippen LogP contribution in [0.4, 0.5) is 0 Å². The molecule has 0 spiro atoms. The maximum atomic E-state index is 12.4. The lowest BCUT2D eigenvalue weighted by Crippen LogP contribution is -2.68. The van der Waals surface area contributed by atoms with Crippen molar-refractivity contribution in [3.05, 3.63) is 11.6 Å². The third-order valence-corrected chi connectivity index (χ3v) is 17.0. The number of fused-ring (bicyclic) bond motifs is 5. The van der Waals surface area contributed by atoms with E-state index < -0.39 is 169 Å². The molecule has 30 nitrogen and oxygen atoms in total. The zero-order valence-corrected chi connectivity index (χ0v) is 43.8. The van der Waals surface area contributed by atoms with E-state index in [1.165, 1.54) is 5.57 Å². The molecule has 31 heteroatoms. The van der Waals surface area contributed by atoms with E-state index in [0.717, 1.165) is 32.6 Å². The van der Waals surface area contributed by atoms with Crippen LogP contribution in [-0.2, 0) is 53.2 Å². The molecule has 446 valence electrons. The van der Waals surface area contributed by atoms with Gasteiger partial charge in [-0.25, -0.2) is 0 Å². The number of ketones is 2. The topological polar surface area (TPSA) is 560 Å². The summed E-state index contributed by atoms with van der Waals surface area (Å²) in [4.78, 5) is 33.3. The maximum absolute atomic E-state index is 12.4. The molecular formula is C46H82N6O24S. The molecule has 26 atom stereocenters. The smallest absolute Gasteiger partial charge is 0.394 e. The highest BCUT2D eigenvalue weighted by Gasteiger charge is 2.68. The lowest BCUT2D eigenvalue weighted by molar-refractivity contribution is -0.306. The lowest BCUT2D eigenvalue weighted by atomic mass is 9.45. The van der Waals surface area contributed by atoms with E-state index >= 15 is 0 Å². The van der Waals surface area contributed by atoms with Gasteiger partial charge in [-0.15, -0.1) is 0 Å². The Kier molecular flexibility index (Phi) is 22.2. The van der Waals surface area contributed by atoms with Crippen molar-refractivity contribution in [2.45, 2.75) is 200 Å². The van der Waals surface area contributed by atoms with Crippen molar-refractivity contribution in [1.29, 1.82) is 0 Å². The third kappa shape index (κ3) is 13.9. The number of carboxylic acid groups (broad SMARTS) is 1. The first-order valence-corrected chi connectivity index (χ1v) is 26.9. The zero-order chi connectivity index (χ0) is 58.0. The molecule has 7 fully saturated rings. The van der Waals surface area contributed by atoms with Crippen molar-refractivity contribution in [3.63, 3.8) is 0 Å². The van der Waals surface area contributed by atoms with Crippen molar-refractivity contribution in [2.75, 3.05) is 26.3 Å².